The number of hydroxylamine groups is 1. The third kappa shape index (κ3) is 5.91. The van der Waals surface area contributed by atoms with Crippen molar-refractivity contribution in [1.29, 1.82) is 0 Å². The first-order chi connectivity index (χ1) is 14.8. The molecule has 1 amide bonds. The molecule has 0 aliphatic carbocycles. The predicted octanol–water partition coefficient (Wildman–Crippen LogP) is 6.03. The van der Waals surface area contributed by atoms with E-state index < -0.39 is 16.6 Å². The van der Waals surface area contributed by atoms with Gasteiger partial charge in [0.25, 0.3) is 5.69 Å². The molecule has 31 heavy (non-hydrogen) atoms. The first-order valence-electron chi connectivity index (χ1n) is 10.5. The molecule has 0 N–H and O–H groups in total. The monoisotopic (exact) mass is 443 g/mol. The second-order valence-corrected chi connectivity index (χ2v) is 9.54. The summed E-state index contributed by atoms with van der Waals surface area (Å²) in [5.41, 5.74) is 0.655. The Morgan fingerprint density at radius 3 is 2.39 bits per heavy atom. The van der Waals surface area contributed by atoms with Crippen LogP contribution in [-0.4, -0.2) is 34.5 Å². The third-order valence-corrected chi connectivity index (χ3v) is 6.13. The number of likely N-dealkylation sites (tertiary alicyclic amines) is 1. The van der Waals surface area contributed by atoms with E-state index in [1.54, 1.807) is 11.0 Å². The number of piperidine rings is 1. The molecule has 2 aromatic rings. The zero-order chi connectivity index (χ0) is 22.4. The second kappa shape index (κ2) is 10.0. The largest absolute Gasteiger partial charge is 0.434 e. The number of amides is 1. The van der Waals surface area contributed by atoms with Crippen molar-refractivity contribution in [3.8, 4) is 0 Å². The molecule has 0 spiro atoms. The summed E-state index contributed by atoms with van der Waals surface area (Å²) in [5, 5.41) is 13.3. The van der Waals surface area contributed by atoms with Crippen molar-refractivity contribution in [2.45, 2.75) is 56.2 Å². The highest BCUT2D eigenvalue weighted by molar-refractivity contribution is 7.98. The lowest BCUT2D eigenvalue weighted by atomic mass is 10.1. The van der Waals surface area contributed by atoms with Crippen molar-refractivity contribution in [3.05, 3.63) is 64.2 Å². The quantitative estimate of drug-likeness (QED) is 0.308. The van der Waals surface area contributed by atoms with Crippen molar-refractivity contribution >= 4 is 29.2 Å². The lowest BCUT2D eigenvalue weighted by molar-refractivity contribution is -0.384. The second-order valence-electron chi connectivity index (χ2n) is 8.53. The Labute approximate surface area is 187 Å². The maximum atomic E-state index is 12.9. The summed E-state index contributed by atoms with van der Waals surface area (Å²) in [5.74, 6) is 0.646. The van der Waals surface area contributed by atoms with Gasteiger partial charge in [-0.05, 0) is 51.7 Å². The number of para-hydroxylation sites is 1. The van der Waals surface area contributed by atoms with E-state index in [0.29, 0.717) is 29.4 Å². The number of hydrogen-bond acceptors (Lipinski definition) is 6. The molecule has 1 fully saturated rings. The van der Waals surface area contributed by atoms with Gasteiger partial charge in [-0.25, -0.2) is 4.79 Å². The molecule has 0 aromatic heterocycles. The molecule has 1 aliphatic rings. The zero-order valence-corrected chi connectivity index (χ0v) is 19.1. The minimum absolute atomic E-state index is 0.0839. The number of nitro groups is 1. The maximum Gasteiger partial charge on any atom is 0.434 e. The van der Waals surface area contributed by atoms with Gasteiger partial charge in [-0.3, -0.25) is 10.1 Å². The van der Waals surface area contributed by atoms with Gasteiger partial charge in [0.15, 0.2) is 5.69 Å². The van der Waals surface area contributed by atoms with Crippen molar-refractivity contribution in [2.75, 3.05) is 18.2 Å². The summed E-state index contributed by atoms with van der Waals surface area (Å²) < 4.78 is 0. The fourth-order valence-corrected chi connectivity index (χ4v) is 4.46. The molecule has 0 unspecified atom stereocenters. The Balaban J connectivity index is 1.95. The Hall–Kier alpha value is -2.74. The molecule has 8 heteroatoms. The molecule has 166 valence electrons. The number of carbonyl (C=O) groups is 1. The number of thioether (sulfide) groups is 1. The standard InChI is InChI=1S/C23H29N3O4S/c1-23(2,3)25(30-22(27)24-15-8-5-9-16-24)21-19(26(28)29)13-10-14-20(21)31-17-18-11-6-4-7-12-18/h4,6-7,10-14H,5,8-9,15-17H2,1-3H3. The first-order valence-corrected chi connectivity index (χ1v) is 11.5. The first kappa shape index (κ1) is 22.9. The Morgan fingerprint density at radius 2 is 1.77 bits per heavy atom. The molecule has 0 bridgehead atoms. The third-order valence-electron chi connectivity index (χ3n) is 5.01. The highest BCUT2D eigenvalue weighted by Crippen LogP contribution is 2.42. The van der Waals surface area contributed by atoms with Crippen LogP contribution in [0.25, 0.3) is 0 Å². The lowest BCUT2D eigenvalue weighted by Gasteiger charge is -2.37. The molecular formula is C23H29N3O4S. The number of benzene rings is 2. The lowest BCUT2D eigenvalue weighted by Crippen LogP contribution is -2.47. The SMILES string of the molecule is CC(C)(C)N(OC(=O)N1CCCCC1)c1c(SCc2ccccc2)cccc1[N+](=O)[O-]. The summed E-state index contributed by atoms with van der Waals surface area (Å²) in [6, 6.07) is 14.9. The average Bonchev–Trinajstić information content (AvgIpc) is 2.76. The van der Waals surface area contributed by atoms with Gasteiger partial charge in [0.1, 0.15) is 0 Å². The van der Waals surface area contributed by atoms with Crippen molar-refractivity contribution in [3.63, 3.8) is 0 Å². The van der Waals surface area contributed by atoms with Crippen LogP contribution in [0.4, 0.5) is 16.2 Å². The van der Waals surface area contributed by atoms with E-state index in [9.17, 15) is 14.9 Å². The maximum absolute atomic E-state index is 12.9. The van der Waals surface area contributed by atoms with Crippen LogP contribution in [0.15, 0.2) is 53.4 Å². The van der Waals surface area contributed by atoms with Gasteiger partial charge in [0.2, 0.25) is 0 Å². The molecule has 1 heterocycles. The number of hydrogen-bond donors (Lipinski definition) is 0. The zero-order valence-electron chi connectivity index (χ0n) is 18.2. The van der Waals surface area contributed by atoms with E-state index in [2.05, 4.69) is 0 Å². The Bertz CT molecular complexity index is 909. The van der Waals surface area contributed by atoms with Crippen molar-refractivity contribution < 1.29 is 14.6 Å². The minimum Gasteiger partial charge on any atom is -0.321 e. The van der Waals surface area contributed by atoms with E-state index in [1.807, 2.05) is 57.2 Å². The normalized spacial score (nSPS) is 14.2. The van der Waals surface area contributed by atoms with Crippen LogP contribution in [0.1, 0.15) is 45.6 Å². The molecule has 1 aliphatic heterocycles. The number of anilines is 1. The van der Waals surface area contributed by atoms with Gasteiger partial charge in [-0.1, -0.05) is 36.4 Å². The molecule has 7 nitrogen and oxygen atoms in total. The Morgan fingerprint density at radius 1 is 1.10 bits per heavy atom. The van der Waals surface area contributed by atoms with Crippen LogP contribution in [0.5, 0.6) is 0 Å². The summed E-state index contributed by atoms with van der Waals surface area (Å²) in [4.78, 5) is 32.5. The minimum atomic E-state index is -0.681. The molecule has 0 saturated carbocycles. The van der Waals surface area contributed by atoms with Gasteiger partial charge in [0.05, 0.1) is 10.5 Å². The number of nitrogens with zero attached hydrogens (tertiary/aromatic N) is 3. The van der Waals surface area contributed by atoms with Gasteiger partial charge in [-0.15, -0.1) is 11.8 Å². The molecular weight excluding hydrogens is 414 g/mol. The van der Waals surface area contributed by atoms with Crippen LogP contribution in [0.2, 0.25) is 0 Å². The van der Waals surface area contributed by atoms with Crippen molar-refractivity contribution in [1.82, 2.24) is 4.90 Å². The highest BCUT2D eigenvalue weighted by Gasteiger charge is 2.35. The molecule has 0 atom stereocenters. The summed E-state index contributed by atoms with van der Waals surface area (Å²) in [6.45, 7) is 6.91. The smallest absolute Gasteiger partial charge is 0.321 e. The van der Waals surface area contributed by atoms with Gasteiger partial charge in [0, 0.05) is 29.8 Å². The summed E-state index contributed by atoms with van der Waals surface area (Å²) in [7, 11) is 0. The molecule has 3 rings (SSSR count). The van der Waals surface area contributed by atoms with E-state index in [1.165, 1.54) is 22.9 Å². The van der Waals surface area contributed by atoms with Crippen LogP contribution < -0.4 is 5.06 Å². The number of rotatable bonds is 6. The molecule has 2 aromatic carbocycles. The molecule has 1 saturated heterocycles. The van der Waals surface area contributed by atoms with E-state index in [4.69, 9.17) is 4.84 Å². The summed E-state index contributed by atoms with van der Waals surface area (Å²) in [6.07, 6.45) is 2.51. The van der Waals surface area contributed by atoms with Gasteiger partial charge >= 0.3 is 6.09 Å². The number of nitro benzene ring substituents is 1. The predicted molar refractivity (Wildman–Crippen MR) is 123 cm³/mol. The van der Waals surface area contributed by atoms with E-state index in [-0.39, 0.29) is 5.69 Å². The van der Waals surface area contributed by atoms with Crippen molar-refractivity contribution in [2.24, 2.45) is 0 Å². The topological polar surface area (TPSA) is 75.9 Å². The average molecular weight is 444 g/mol. The molecule has 0 radical (unpaired) electrons. The van der Waals surface area contributed by atoms with Gasteiger partial charge in [-0.2, -0.15) is 5.06 Å². The van der Waals surface area contributed by atoms with Crippen LogP contribution in [0, 0.1) is 10.1 Å². The highest BCUT2D eigenvalue weighted by atomic mass is 32.2. The Kier molecular flexibility index (Phi) is 7.43. The fraction of sp³-hybridized carbons (Fsp3) is 0.435. The van der Waals surface area contributed by atoms with Crippen LogP contribution >= 0.6 is 11.8 Å². The summed E-state index contributed by atoms with van der Waals surface area (Å²) >= 11 is 1.49. The van der Waals surface area contributed by atoms with Gasteiger partial charge < -0.3 is 9.74 Å². The fourth-order valence-electron chi connectivity index (χ4n) is 3.44. The van der Waals surface area contributed by atoms with E-state index >= 15 is 0 Å². The number of carbonyl (C=O) groups excluding carboxylic acids is 1. The van der Waals surface area contributed by atoms with E-state index in [0.717, 1.165) is 24.8 Å². The van der Waals surface area contributed by atoms with Crippen LogP contribution in [0.3, 0.4) is 0 Å². The van der Waals surface area contributed by atoms with Crippen LogP contribution in [-0.2, 0) is 10.6 Å².